The summed E-state index contributed by atoms with van der Waals surface area (Å²) in [6, 6.07) is 9.50. The molecule has 2 heterocycles. The highest BCUT2D eigenvalue weighted by Crippen LogP contribution is 2.19. The summed E-state index contributed by atoms with van der Waals surface area (Å²) in [5.74, 6) is -0.0593. The lowest BCUT2D eigenvalue weighted by atomic mass is 9.96. The molecule has 3 rings (SSSR count). The highest BCUT2D eigenvalue weighted by atomic mass is 16.2. The van der Waals surface area contributed by atoms with E-state index in [9.17, 15) is 9.59 Å². The van der Waals surface area contributed by atoms with Crippen LogP contribution in [0.2, 0.25) is 0 Å². The van der Waals surface area contributed by atoms with Gasteiger partial charge in [0.05, 0.1) is 5.92 Å². The summed E-state index contributed by atoms with van der Waals surface area (Å²) in [4.78, 5) is 26.9. The number of hydrogen-bond donors (Lipinski definition) is 1. The highest BCUT2D eigenvalue weighted by molar-refractivity contribution is 5.94. The van der Waals surface area contributed by atoms with Gasteiger partial charge in [0.25, 0.3) is 5.91 Å². The Balaban J connectivity index is 1.47. The molecule has 0 radical (unpaired) electrons. The Morgan fingerprint density at radius 1 is 1.27 bits per heavy atom. The van der Waals surface area contributed by atoms with E-state index in [4.69, 9.17) is 0 Å². The molecule has 0 bridgehead atoms. The van der Waals surface area contributed by atoms with Crippen molar-refractivity contribution < 1.29 is 9.59 Å². The first-order valence-electron chi connectivity index (χ1n) is 9.24. The van der Waals surface area contributed by atoms with E-state index in [1.165, 1.54) is 0 Å². The number of benzene rings is 1. The van der Waals surface area contributed by atoms with Gasteiger partial charge in [0.1, 0.15) is 0 Å². The predicted octanol–water partition coefficient (Wildman–Crippen LogP) is 2.25. The first-order valence-corrected chi connectivity index (χ1v) is 9.24. The fourth-order valence-corrected chi connectivity index (χ4v) is 3.28. The molecule has 1 aromatic carbocycles. The molecule has 1 saturated heterocycles. The van der Waals surface area contributed by atoms with Gasteiger partial charge in [-0.05, 0) is 44.4 Å². The van der Waals surface area contributed by atoms with Gasteiger partial charge in [-0.3, -0.25) is 14.3 Å². The Kier molecular flexibility index (Phi) is 6.04. The van der Waals surface area contributed by atoms with Crippen molar-refractivity contribution in [3.8, 4) is 0 Å². The molecule has 1 unspecified atom stereocenters. The zero-order chi connectivity index (χ0) is 18.4. The average molecular weight is 354 g/mol. The largest absolute Gasteiger partial charge is 0.356 e. The van der Waals surface area contributed by atoms with Crippen LogP contribution < -0.4 is 5.32 Å². The van der Waals surface area contributed by atoms with Gasteiger partial charge < -0.3 is 10.2 Å². The summed E-state index contributed by atoms with van der Waals surface area (Å²) < 4.78 is 1.86. The Morgan fingerprint density at radius 2 is 2.08 bits per heavy atom. The molecule has 6 nitrogen and oxygen atoms in total. The molecule has 1 N–H and O–H groups in total. The zero-order valence-electron chi connectivity index (χ0n) is 15.2. The van der Waals surface area contributed by atoms with Crippen LogP contribution >= 0.6 is 0 Å². The van der Waals surface area contributed by atoms with Gasteiger partial charge in [-0.25, -0.2) is 0 Å². The second-order valence-corrected chi connectivity index (χ2v) is 6.87. The lowest BCUT2D eigenvalue weighted by Gasteiger charge is -2.32. The molecular weight excluding hydrogens is 328 g/mol. The zero-order valence-corrected chi connectivity index (χ0v) is 15.2. The van der Waals surface area contributed by atoms with Crippen molar-refractivity contribution in [2.24, 2.45) is 5.92 Å². The van der Waals surface area contributed by atoms with E-state index in [2.05, 4.69) is 10.4 Å². The van der Waals surface area contributed by atoms with Gasteiger partial charge in [-0.1, -0.05) is 17.7 Å². The van der Waals surface area contributed by atoms with Crippen molar-refractivity contribution in [3.05, 3.63) is 53.9 Å². The third kappa shape index (κ3) is 4.71. The van der Waals surface area contributed by atoms with Crippen LogP contribution in [0.1, 0.15) is 35.2 Å². The van der Waals surface area contributed by atoms with Gasteiger partial charge in [-0.2, -0.15) is 5.10 Å². The molecule has 1 fully saturated rings. The van der Waals surface area contributed by atoms with E-state index in [0.717, 1.165) is 37.9 Å². The fourth-order valence-electron chi connectivity index (χ4n) is 3.28. The second kappa shape index (κ2) is 8.65. The van der Waals surface area contributed by atoms with E-state index < -0.39 is 0 Å². The third-order valence-electron chi connectivity index (χ3n) is 4.80. The first kappa shape index (κ1) is 18.2. The van der Waals surface area contributed by atoms with Crippen molar-refractivity contribution >= 4 is 11.8 Å². The molecule has 0 aliphatic carbocycles. The van der Waals surface area contributed by atoms with Crippen LogP contribution in [0.3, 0.4) is 0 Å². The average Bonchev–Trinajstić information content (AvgIpc) is 3.19. The fraction of sp³-hybridized carbons (Fsp3) is 0.450. The minimum atomic E-state index is -0.122. The molecule has 2 amide bonds. The van der Waals surface area contributed by atoms with E-state index in [0.29, 0.717) is 18.7 Å². The number of aromatic nitrogens is 2. The Bertz CT molecular complexity index is 725. The summed E-state index contributed by atoms with van der Waals surface area (Å²) >= 11 is 0. The molecule has 26 heavy (non-hydrogen) atoms. The Morgan fingerprint density at radius 3 is 2.81 bits per heavy atom. The normalized spacial score (nSPS) is 17.1. The molecule has 1 aliphatic rings. The van der Waals surface area contributed by atoms with Crippen molar-refractivity contribution in [2.75, 3.05) is 19.6 Å². The number of carbonyl (C=O) groups excluding carboxylic acids is 2. The van der Waals surface area contributed by atoms with E-state index >= 15 is 0 Å². The molecule has 1 aromatic heterocycles. The number of rotatable bonds is 6. The first-order chi connectivity index (χ1) is 12.6. The predicted molar refractivity (Wildman–Crippen MR) is 99.7 cm³/mol. The number of likely N-dealkylation sites (tertiary alicyclic amines) is 1. The number of nitrogens with one attached hydrogen (secondary N) is 1. The van der Waals surface area contributed by atoms with Gasteiger partial charge in [0, 0.05) is 44.1 Å². The van der Waals surface area contributed by atoms with Crippen molar-refractivity contribution in [1.82, 2.24) is 20.0 Å². The second-order valence-electron chi connectivity index (χ2n) is 6.87. The summed E-state index contributed by atoms with van der Waals surface area (Å²) in [7, 11) is 0. The van der Waals surface area contributed by atoms with Crippen LogP contribution in [0, 0.1) is 12.8 Å². The van der Waals surface area contributed by atoms with Crippen LogP contribution in [0.5, 0.6) is 0 Å². The number of carbonyl (C=O) groups is 2. The van der Waals surface area contributed by atoms with Gasteiger partial charge in [0.15, 0.2) is 0 Å². The molecule has 0 spiro atoms. The maximum absolute atomic E-state index is 12.7. The number of aryl methyl sites for hydroxylation is 2. The standard InChI is InChI=1S/C20H26N4O2/c1-16-6-8-17(9-7-16)20(26)23-12-2-5-18(15-23)19(25)21-10-3-13-24-14-4-11-22-24/h4,6-9,11,14,18H,2-3,5,10,12-13,15H2,1H3,(H,21,25). The minimum Gasteiger partial charge on any atom is -0.356 e. The highest BCUT2D eigenvalue weighted by Gasteiger charge is 2.28. The smallest absolute Gasteiger partial charge is 0.253 e. The SMILES string of the molecule is Cc1ccc(C(=O)N2CCCC(C(=O)NCCCn3cccn3)C2)cc1. The monoisotopic (exact) mass is 354 g/mol. The van der Waals surface area contributed by atoms with Crippen molar-refractivity contribution in [1.29, 1.82) is 0 Å². The van der Waals surface area contributed by atoms with Crippen LogP contribution in [-0.4, -0.2) is 46.1 Å². The molecule has 1 atom stereocenters. The summed E-state index contributed by atoms with van der Waals surface area (Å²) in [5, 5.41) is 7.15. The number of hydrogen-bond acceptors (Lipinski definition) is 3. The summed E-state index contributed by atoms with van der Waals surface area (Å²) in [6.07, 6.45) is 6.20. The van der Waals surface area contributed by atoms with Crippen LogP contribution in [0.15, 0.2) is 42.7 Å². The van der Waals surface area contributed by atoms with E-state index in [1.54, 1.807) is 6.20 Å². The number of amides is 2. The lowest BCUT2D eigenvalue weighted by Crippen LogP contribution is -2.45. The Hall–Kier alpha value is -2.63. The molecule has 0 saturated carbocycles. The maximum atomic E-state index is 12.7. The van der Waals surface area contributed by atoms with Crippen LogP contribution in [0.25, 0.3) is 0 Å². The topological polar surface area (TPSA) is 67.2 Å². The van der Waals surface area contributed by atoms with Crippen molar-refractivity contribution in [2.45, 2.75) is 32.7 Å². The Labute approximate surface area is 154 Å². The van der Waals surface area contributed by atoms with Crippen LogP contribution in [0.4, 0.5) is 0 Å². The van der Waals surface area contributed by atoms with Crippen molar-refractivity contribution in [3.63, 3.8) is 0 Å². The van der Waals surface area contributed by atoms with Gasteiger partial charge in [-0.15, -0.1) is 0 Å². The molecule has 138 valence electrons. The van der Waals surface area contributed by atoms with Crippen LogP contribution in [-0.2, 0) is 11.3 Å². The quantitative estimate of drug-likeness (QED) is 0.809. The minimum absolute atomic E-state index is 0.0150. The molecule has 1 aliphatic heterocycles. The summed E-state index contributed by atoms with van der Waals surface area (Å²) in [5.41, 5.74) is 1.82. The molecule has 6 heteroatoms. The third-order valence-corrected chi connectivity index (χ3v) is 4.80. The molecule has 2 aromatic rings. The van der Waals surface area contributed by atoms with Gasteiger partial charge in [0.2, 0.25) is 5.91 Å². The van der Waals surface area contributed by atoms with Gasteiger partial charge >= 0.3 is 0 Å². The summed E-state index contributed by atoms with van der Waals surface area (Å²) in [6.45, 7) is 4.63. The lowest BCUT2D eigenvalue weighted by molar-refractivity contribution is -0.126. The van der Waals surface area contributed by atoms with E-state index in [-0.39, 0.29) is 17.7 Å². The maximum Gasteiger partial charge on any atom is 0.253 e. The van der Waals surface area contributed by atoms with E-state index in [1.807, 2.05) is 53.0 Å². The molecular formula is C20H26N4O2. The number of piperidine rings is 1. The number of nitrogens with zero attached hydrogens (tertiary/aromatic N) is 3.